The minimum Gasteiger partial charge on any atom is -0.490 e. The van der Waals surface area contributed by atoms with E-state index in [1.807, 2.05) is 32.0 Å². The van der Waals surface area contributed by atoms with E-state index < -0.39 is 23.4 Å². The Balaban J connectivity index is 1.53. The summed E-state index contributed by atoms with van der Waals surface area (Å²) in [5.74, 6) is 0.215. The van der Waals surface area contributed by atoms with Gasteiger partial charge in [-0.25, -0.2) is 4.79 Å². The molecule has 1 fully saturated rings. The fourth-order valence-corrected chi connectivity index (χ4v) is 4.04. The van der Waals surface area contributed by atoms with Crippen LogP contribution in [0.25, 0.3) is 0 Å². The Labute approximate surface area is 186 Å². The molecule has 1 atom stereocenters. The van der Waals surface area contributed by atoms with E-state index in [4.69, 9.17) is 9.47 Å². The second-order valence-corrected chi connectivity index (χ2v) is 8.17. The third-order valence-corrected chi connectivity index (χ3v) is 5.91. The molecule has 2 aliphatic rings. The van der Waals surface area contributed by atoms with E-state index in [1.54, 1.807) is 25.1 Å². The molecule has 8 heteroatoms. The van der Waals surface area contributed by atoms with E-state index in [1.165, 1.54) is 0 Å². The predicted molar refractivity (Wildman–Crippen MR) is 119 cm³/mol. The first-order valence-corrected chi connectivity index (χ1v) is 10.8. The number of para-hydroxylation sites is 1. The highest BCUT2D eigenvalue weighted by atomic mass is 16.5. The first-order chi connectivity index (χ1) is 15.3. The van der Waals surface area contributed by atoms with Gasteiger partial charge in [-0.2, -0.15) is 0 Å². The van der Waals surface area contributed by atoms with Crippen LogP contribution in [0.15, 0.2) is 36.4 Å². The average molecular weight is 437 g/mol. The van der Waals surface area contributed by atoms with Gasteiger partial charge in [0.25, 0.3) is 5.91 Å². The molecule has 1 saturated heterocycles. The van der Waals surface area contributed by atoms with Gasteiger partial charge in [0.1, 0.15) is 12.1 Å². The van der Waals surface area contributed by atoms with Crippen LogP contribution in [0.5, 0.6) is 11.5 Å². The minimum absolute atomic E-state index is 0.373. The Bertz CT molecular complexity index is 1080. The van der Waals surface area contributed by atoms with Crippen LogP contribution in [0, 0.1) is 6.92 Å². The third kappa shape index (κ3) is 3.88. The van der Waals surface area contributed by atoms with Gasteiger partial charge in [0, 0.05) is 12.1 Å². The van der Waals surface area contributed by atoms with Crippen molar-refractivity contribution in [1.82, 2.24) is 10.2 Å². The fourth-order valence-electron chi connectivity index (χ4n) is 4.04. The smallest absolute Gasteiger partial charge is 0.325 e. The molecule has 2 aromatic rings. The van der Waals surface area contributed by atoms with Crippen LogP contribution < -0.4 is 20.1 Å². The van der Waals surface area contributed by atoms with Gasteiger partial charge >= 0.3 is 6.03 Å². The quantitative estimate of drug-likeness (QED) is 0.701. The van der Waals surface area contributed by atoms with E-state index in [2.05, 4.69) is 10.6 Å². The summed E-state index contributed by atoms with van der Waals surface area (Å²) in [6.45, 7) is 6.23. The summed E-state index contributed by atoms with van der Waals surface area (Å²) in [5, 5.41) is 5.60. The van der Waals surface area contributed by atoms with Gasteiger partial charge in [0.05, 0.1) is 13.2 Å². The third-order valence-electron chi connectivity index (χ3n) is 5.91. The van der Waals surface area contributed by atoms with Crippen molar-refractivity contribution in [2.75, 3.05) is 25.1 Å². The van der Waals surface area contributed by atoms with E-state index in [-0.39, 0.29) is 6.54 Å². The summed E-state index contributed by atoms with van der Waals surface area (Å²) >= 11 is 0. The number of anilines is 1. The molecule has 2 aromatic carbocycles. The van der Waals surface area contributed by atoms with Crippen molar-refractivity contribution in [1.29, 1.82) is 0 Å². The van der Waals surface area contributed by atoms with Crippen molar-refractivity contribution < 1.29 is 23.9 Å². The number of hydrogen-bond acceptors (Lipinski definition) is 5. The van der Waals surface area contributed by atoms with E-state index in [0.29, 0.717) is 30.3 Å². The van der Waals surface area contributed by atoms with Gasteiger partial charge in [-0.15, -0.1) is 0 Å². The number of carbonyl (C=O) groups excluding carboxylic acids is 3. The fraction of sp³-hybridized carbons (Fsp3) is 0.375. The lowest BCUT2D eigenvalue weighted by molar-refractivity contribution is -0.133. The number of imide groups is 1. The van der Waals surface area contributed by atoms with E-state index in [0.717, 1.165) is 34.6 Å². The zero-order valence-electron chi connectivity index (χ0n) is 18.5. The zero-order chi connectivity index (χ0) is 22.9. The maximum atomic E-state index is 13.2. The molecular formula is C24H27N3O5. The first kappa shape index (κ1) is 21.7. The molecule has 4 rings (SSSR count). The number of rotatable bonds is 5. The molecule has 0 bridgehead atoms. The number of urea groups is 1. The summed E-state index contributed by atoms with van der Waals surface area (Å²) in [5.41, 5.74) is 1.90. The molecule has 0 aliphatic carbocycles. The van der Waals surface area contributed by atoms with Crippen molar-refractivity contribution in [3.63, 3.8) is 0 Å². The standard InChI is InChI=1S/C24H27N3O5/c1-4-16-8-5-7-15(2)21(16)25-20(28)14-27-22(29)24(3,26-23(27)30)17-9-10-18-19(13-17)32-12-6-11-31-18/h5,7-10,13H,4,6,11-12,14H2,1-3H3,(H,25,28)(H,26,30). The van der Waals surface area contributed by atoms with Gasteiger partial charge < -0.3 is 20.1 Å². The largest absolute Gasteiger partial charge is 0.490 e. The van der Waals surface area contributed by atoms with Gasteiger partial charge in [0.15, 0.2) is 11.5 Å². The minimum atomic E-state index is -1.31. The Kier molecular flexibility index (Phi) is 5.78. The molecule has 8 nitrogen and oxygen atoms in total. The number of nitrogens with one attached hydrogen (secondary N) is 2. The van der Waals surface area contributed by atoms with Crippen LogP contribution in [-0.4, -0.2) is 42.5 Å². The lowest BCUT2D eigenvalue weighted by Crippen LogP contribution is -2.42. The van der Waals surface area contributed by atoms with Crippen molar-refractivity contribution in [2.24, 2.45) is 0 Å². The molecule has 0 spiro atoms. The number of ether oxygens (including phenoxy) is 2. The summed E-state index contributed by atoms with van der Waals surface area (Å²) < 4.78 is 11.4. The van der Waals surface area contributed by atoms with Crippen LogP contribution in [0.2, 0.25) is 0 Å². The number of benzene rings is 2. The molecule has 2 aliphatic heterocycles. The molecule has 4 amide bonds. The Morgan fingerprint density at radius 2 is 1.91 bits per heavy atom. The number of aryl methyl sites for hydroxylation is 2. The van der Waals surface area contributed by atoms with E-state index in [9.17, 15) is 14.4 Å². The number of nitrogens with zero attached hydrogens (tertiary/aromatic N) is 1. The summed E-state index contributed by atoms with van der Waals surface area (Å²) in [4.78, 5) is 39.6. The molecule has 168 valence electrons. The average Bonchev–Trinajstić information content (AvgIpc) is 2.94. The molecular weight excluding hydrogens is 410 g/mol. The van der Waals surface area contributed by atoms with Crippen LogP contribution in [-0.2, 0) is 21.5 Å². The Morgan fingerprint density at radius 3 is 2.66 bits per heavy atom. The van der Waals surface area contributed by atoms with Gasteiger partial charge in [0.2, 0.25) is 5.91 Å². The Morgan fingerprint density at radius 1 is 1.16 bits per heavy atom. The molecule has 0 radical (unpaired) electrons. The second-order valence-electron chi connectivity index (χ2n) is 8.17. The lowest BCUT2D eigenvalue weighted by Gasteiger charge is -2.23. The second kappa shape index (κ2) is 8.53. The lowest BCUT2D eigenvalue weighted by atomic mass is 9.91. The van der Waals surface area contributed by atoms with Crippen LogP contribution in [0.1, 0.15) is 37.0 Å². The molecule has 1 unspecified atom stereocenters. The Hall–Kier alpha value is -3.55. The number of amides is 4. The highest BCUT2D eigenvalue weighted by Gasteiger charge is 2.49. The number of carbonyl (C=O) groups is 3. The predicted octanol–water partition coefficient (Wildman–Crippen LogP) is 3.12. The maximum Gasteiger partial charge on any atom is 0.325 e. The monoisotopic (exact) mass is 437 g/mol. The van der Waals surface area contributed by atoms with Gasteiger partial charge in [-0.3, -0.25) is 14.5 Å². The van der Waals surface area contributed by atoms with Gasteiger partial charge in [-0.05, 0) is 49.1 Å². The molecule has 2 heterocycles. The molecule has 0 aromatic heterocycles. The maximum absolute atomic E-state index is 13.2. The topological polar surface area (TPSA) is 97.0 Å². The van der Waals surface area contributed by atoms with E-state index >= 15 is 0 Å². The van der Waals surface area contributed by atoms with Crippen LogP contribution >= 0.6 is 0 Å². The van der Waals surface area contributed by atoms with Crippen molar-refractivity contribution >= 4 is 23.5 Å². The normalized spacial score (nSPS) is 20.0. The highest BCUT2D eigenvalue weighted by molar-refractivity contribution is 6.10. The highest BCUT2D eigenvalue weighted by Crippen LogP contribution is 2.36. The number of hydrogen-bond donors (Lipinski definition) is 2. The number of fused-ring (bicyclic) bond motifs is 1. The molecule has 0 saturated carbocycles. The summed E-state index contributed by atoms with van der Waals surface area (Å²) in [6.07, 6.45) is 1.52. The summed E-state index contributed by atoms with van der Waals surface area (Å²) in [6, 6.07) is 10.4. The van der Waals surface area contributed by atoms with Crippen molar-refractivity contribution in [3.8, 4) is 11.5 Å². The van der Waals surface area contributed by atoms with Crippen LogP contribution in [0.3, 0.4) is 0 Å². The van der Waals surface area contributed by atoms with Gasteiger partial charge in [-0.1, -0.05) is 31.2 Å². The van der Waals surface area contributed by atoms with Crippen molar-refractivity contribution in [2.45, 2.75) is 39.2 Å². The van der Waals surface area contributed by atoms with Crippen molar-refractivity contribution in [3.05, 3.63) is 53.1 Å². The first-order valence-electron chi connectivity index (χ1n) is 10.8. The summed E-state index contributed by atoms with van der Waals surface area (Å²) in [7, 11) is 0. The zero-order valence-corrected chi connectivity index (χ0v) is 18.5. The molecule has 32 heavy (non-hydrogen) atoms. The SMILES string of the molecule is CCc1cccc(C)c1NC(=O)CN1C(=O)NC(C)(c2ccc3c(c2)OCCCO3)C1=O. The molecule has 2 N–H and O–H groups in total. The van der Waals surface area contributed by atoms with Crippen LogP contribution in [0.4, 0.5) is 10.5 Å².